The Morgan fingerprint density at radius 1 is 0.964 bits per heavy atom. The summed E-state index contributed by atoms with van der Waals surface area (Å²) in [6.07, 6.45) is 1.23. The Bertz CT molecular complexity index is 960. The molecule has 0 saturated heterocycles. The third-order valence-electron chi connectivity index (χ3n) is 3.84. The van der Waals surface area contributed by atoms with E-state index in [1.165, 1.54) is 12.3 Å². The molecule has 0 saturated carbocycles. The molecule has 144 valence electrons. The van der Waals surface area contributed by atoms with Gasteiger partial charge in [-0.15, -0.1) is 0 Å². The van der Waals surface area contributed by atoms with Crippen LogP contribution < -0.4 is 14.9 Å². The lowest BCUT2D eigenvalue weighted by atomic mass is 10.2. The van der Waals surface area contributed by atoms with Gasteiger partial charge in [0.05, 0.1) is 12.2 Å². The van der Waals surface area contributed by atoms with Gasteiger partial charge in [-0.25, -0.2) is 4.79 Å². The second kappa shape index (κ2) is 9.41. The first kappa shape index (κ1) is 19.2. The Morgan fingerprint density at radius 2 is 1.71 bits per heavy atom. The highest BCUT2D eigenvalue weighted by atomic mass is 16.5. The van der Waals surface area contributed by atoms with Crippen molar-refractivity contribution in [2.45, 2.75) is 20.1 Å². The normalized spacial score (nSPS) is 10.3. The summed E-state index contributed by atoms with van der Waals surface area (Å²) in [6.45, 7) is 2.54. The summed E-state index contributed by atoms with van der Waals surface area (Å²) in [7, 11) is 0. The van der Waals surface area contributed by atoms with Crippen molar-refractivity contribution in [3.63, 3.8) is 0 Å². The van der Waals surface area contributed by atoms with Crippen LogP contribution in [-0.4, -0.2) is 12.6 Å². The molecular weight excluding hydrogens is 360 g/mol. The summed E-state index contributed by atoms with van der Waals surface area (Å²) in [4.78, 5) is 24.2. The van der Waals surface area contributed by atoms with Crippen LogP contribution in [0.15, 0.2) is 76.1 Å². The molecule has 6 heteroatoms. The summed E-state index contributed by atoms with van der Waals surface area (Å²) in [6, 6.07) is 17.4. The van der Waals surface area contributed by atoms with E-state index < -0.39 is 5.97 Å². The number of ether oxygens (including phenoxy) is 3. The van der Waals surface area contributed by atoms with Crippen LogP contribution in [0.1, 0.15) is 28.6 Å². The Kier molecular flexibility index (Phi) is 6.46. The second-order valence-electron chi connectivity index (χ2n) is 5.88. The molecule has 0 atom stereocenters. The van der Waals surface area contributed by atoms with Crippen molar-refractivity contribution in [3.05, 3.63) is 94.0 Å². The first-order valence-electron chi connectivity index (χ1n) is 8.84. The minimum Gasteiger partial charge on any atom is -0.494 e. The van der Waals surface area contributed by atoms with E-state index in [9.17, 15) is 9.59 Å². The minimum absolute atomic E-state index is 0.102. The lowest BCUT2D eigenvalue weighted by Gasteiger charge is -2.07. The molecule has 1 heterocycles. The number of rotatable bonds is 8. The molecular formula is C22H20O6. The van der Waals surface area contributed by atoms with Crippen molar-refractivity contribution in [2.24, 2.45) is 0 Å². The van der Waals surface area contributed by atoms with Gasteiger partial charge in [-0.3, -0.25) is 4.79 Å². The Labute approximate surface area is 162 Å². The predicted octanol–water partition coefficient (Wildman–Crippen LogP) is 3.97. The summed E-state index contributed by atoms with van der Waals surface area (Å²) >= 11 is 0. The van der Waals surface area contributed by atoms with E-state index in [2.05, 4.69) is 0 Å². The molecule has 0 N–H and O–H groups in total. The molecule has 0 fully saturated rings. The van der Waals surface area contributed by atoms with E-state index >= 15 is 0 Å². The van der Waals surface area contributed by atoms with Crippen LogP contribution in [0.4, 0.5) is 0 Å². The summed E-state index contributed by atoms with van der Waals surface area (Å²) < 4.78 is 21.3. The van der Waals surface area contributed by atoms with Crippen molar-refractivity contribution in [1.29, 1.82) is 0 Å². The van der Waals surface area contributed by atoms with E-state index in [0.717, 1.165) is 5.56 Å². The van der Waals surface area contributed by atoms with Gasteiger partial charge in [-0.1, -0.05) is 30.3 Å². The minimum atomic E-state index is -0.518. The van der Waals surface area contributed by atoms with E-state index in [1.807, 2.05) is 37.3 Å². The number of benzene rings is 2. The zero-order valence-corrected chi connectivity index (χ0v) is 15.4. The second-order valence-corrected chi connectivity index (χ2v) is 5.88. The van der Waals surface area contributed by atoms with E-state index in [0.29, 0.717) is 17.9 Å². The highest BCUT2D eigenvalue weighted by Crippen LogP contribution is 2.14. The largest absolute Gasteiger partial charge is 0.494 e. The molecule has 0 aliphatic carbocycles. The first-order chi connectivity index (χ1) is 13.7. The zero-order chi connectivity index (χ0) is 19.8. The third kappa shape index (κ3) is 5.23. The van der Waals surface area contributed by atoms with Crippen LogP contribution >= 0.6 is 0 Å². The van der Waals surface area contributed by atoms with Crippen LogP contribution in [0, 0.1) is 0 Å². The maximum Gasteiger partial charge on any atom is 0.338 e. The number of esters is 1. The smallest absolute Gasteiger partial charge is 0.338 e. The average molecular weight is 380 g/mol. The quantitative estimate of drug-likeness (QED) is 0.551. The fourth-order valence-corrected chi connectivity index (χ4v) is 2.43. The van der Waals surface area contributed by atoms with Crippen molar-refractivity contribution >= 4 is 5.97 Å². The number of hydrogen-bond acceptors (Lipinski definition) is 6. The SMILES string of the molecule is CCOc1ccc(C(=O)OCc2cc(=O)c(OCc3ccccc3)co2)cc1. The average Bonchev–Trinajstić information content (AvgIpc) is 2.73. The molecule has 0 amide bonds. The third-order valence-corrected chi connectivity index (χ3v) is 3.84. The molecule has 28 heavy (non-hydrogen) atoms. The molecule has 3 rings (SSSR count). The van der Waals surface area contributed by atoms with E-state index in [-0.39, 0.29) is 30.2 Å². The topological polar surface area (TPSA) is 75.0 Å². The lowest BCUT2D eigenvalue weighted by molar-refractivity contribution is 0.0442. The van der Waals surface area contributed by atoms with Gasteiger partial charge in [0.2, 0.25) is 11.2 Å². The van der Waals surface area contributed by atoms with E-state index in [1.54, 1.807) is 24.3 Å². The number of carbonyl (C=O) groups excluding carboxylic acids is 1. The van der Waals surface area contributed by atoms with Gasteiger partial charge < -0.3 is 18.6 Å². The number of hydrogen-bond donors (Lipinski definition) is 0. The van der Waals surface area contributed by atoms with Gasteiger partial charge in [-0.2, -0.15) is 0 Å². The molecule has 1 aromatic heterocycles. The van der Waals surface area contributed by atoms with Gasteiger partial charge in [0.25, 0.3) is 0 Å². The van der Waals surface area contributed by atoms with E-state index in [4.69, 9.17) is 18.6 Å². The molecule has 2 aromatic carbocycles. The van der Waals surface area contributed by atoms with Crippen LogP contribution in [0.25, 0.3) is 0 Å². The molecule has 0 aliphatic heterocycles. The molecule has 3 aromatic rings. The van der Waals surface area contributed by atoms with Crippen LogP contribution in [0.5, 0.6) is 11.5 Å². The summed E-state index contributed by atoms with van der Waals surface area (Å²) in [5.74, 6) is 0.494. The summed E-state index contributed by atoms with van der Waals surface area (Å²) in [5, 5.41) is 0. The fraction of sp³-hybridized carbons (Fsp3) is 0.182. The van der Waals surface area contributed by atoms with Crippen LogP contribution in [0.3, 0.4) is 0 Å². The predicted molar refractivity (Wildman–Crippen MR) is 102 cm³/mol. The van der Waals surface area contributed by atoms with Gasteiger partial charge >= 0.3 is 5.97 Å². The maximum absolute atomic E-state index is 12.1. The zero-order valence-electron chi connectivity index (χ0n) is 15.4. The van der Waals surface area contributed by atoms with Crippen molar-refractivity contribution in [2.75, 3.05) is 6.61 Å². The fourth-order valence-electron chi connectivity index (χ4n) is 2.43. The molecule has 0 radical (unpaired) electrons. The van der Waals surface area contributed by atoms with Crippen molar-refractivity contribution in [1.82, 2.24) is 0 Å². The highest BCUT2D eigenvalue weighted by Gasteiger charge is 2.10. The molecule has 6 nitrogen and oxygen atoms in total. The summed E-state index contributed by atoms with van der Waals surface area (Å²) in [5.41, 5.74) is 0.984. The van der Waals surface area contributed by atoms with Crippen LogP contribution in [0.2, 0.25) is 0 Å². The molecule has 0 aliphatic rings. The Morgan fingerprint density at radius 3 is 2.39 bits per heavy atom. The first-order valence-corrected chi connectivity index (χ1v) is 8.84. The maximum atomic E-state index is 12.1. The van der Waals surface area contributed by atoms with Gasteiger partial charge in [0.1, 0.15) is 31.0 Å². The Hall–Kier alpha value is -3.54. The lowest BCUT2D eigenvalue weighted by Crippen LogP contribution is -2.10. The van der Waals surface area contributed by atoms with Gasteiger partial charge in [-0.05, 0) is 36.8 Å². The standard InChI is InChI=1S/C22H20O6/c1-2-25-18-10-8-17(9-11-18)22(24)28-14-19-12-20(23)21(15-26-19)27-13-16-6-4-3-5-7-16/h3-12,15H,2,13-14H2,1H3. The van der Waals surface area contributed by atoms with Gasteiger partial charge in [0.15, 0.2) is 0 Å². The van der Waals surface area contributed by atoms with Crippen LogP contribution in [-0.2, 0) is 18.0 Å². The van der Waals surface area contributed by atoms with Crippen molar-refractivity contribution in [3.8, 4) is 11.5 Å². The van der Waals surface area contributed by atoms with Crippen molar-refractivity contribution < 1.29 is 23.4 Å². The molecule has 0 unspecified atom stereocenters. The molecule has 0 bridgehead atoms. The monoisotopic (exact) mass is 380 g/mol. The highest BCUT2D eigenvalue weighted by molar-refractivity contribution is 5.89. The molecule has 0 spiro atoms. The Balaban J connectivity index is 1.55. The van der Waals surface area contributed by atoms with Gasteiger partial charge in [0, 0.05) is 6.07 Å². The number of carbonyl (C=O) groups is 1.